The van der Waals surface area contributed by atoms with E-state index in [-0.39, 0.29) is 6.61 Å². The molecule has 1 heterocycles. The number of nitrogens with zero attached hydrogens (tertiary/aromatic N) is 1. The number of hydrogen-bond donors (Lipinski definition) is 1. The number of hydrogen-bond acceptors (Lipinski definition) is 2. The molecule has 0 aliphatic carbocycles. The van der Waals surface area contributed by atoms with E-state index in [0.717, 1.165) is 27.1 Å². The lowest BCUT2D eigenvalue weighted by Crippen LogP contribution is -1.95. The summed E-state index contributed by atoms with van der Waals surface area (Å²) in [5.74, 6) is 0. The minimum absolute atomic E-state index is 0.0119. The lowest BCUT2D eigenvalue weighted by Gasteiger charge is -2.08. The number of aliphatic hydroxyl groups is 1. The van der Waals surface area contributed by atoms with Crippen molar-refractivity contribution in [1.29, 1.82) is 0 Å². The third-order valence-electron chi connectivity index (χ3n) is 3.35. The van der Waals surface area contributed by atoms with Gasteiger partial charge in [-0.25, -0.2) is 0 Å². The highest BCUT2D eigenvalue weighted by atomic mass is 35.5. The molecule has 0 aliphatic rings. The molecule has 0 bridgehead atoms. The van der Waals surface area contributed by atoms with Gasteiger partial charge in [0.1, 0.15) is 0 Å². The van der Waals surface area contributed by atoms with Crippen LogP contribution in [-0.2, 0) is 6.61 Å². The number of aromatic nitrogens is 1. The molecule has 1 aromatic heterocycles. The van der Waals surface area contributed by atoms with Crippen molar-refractivity contribution in [2.24, 2.45) is 0 Å². The van der Waals surface area contributed by atoms with Crippen molar-refractivity contribution in [2.75, 3.05) is 0 Å². The van der Waals surface area contributed by atoms with Crippen molar-refractivity contribution < 1.29 is 5.11 Å². The second-order valence-electron chi connectivity index (χ2n) is 4.59. The fraction of sp³-hybridized carbons (Fsp3) is 0.222. The summed E-state index contributed by atoms with van der Waals surface area (Å²) in [7, 11) is 0. The van der Waals surface area contributed by atoms with Gasteiger partial charge in [-0.05, 0) is 48.7 Å². The quantitative estimate of drug-likeness (QED) is 0.667. The van der Waals surface area contributed by atoms with E-state index >= 15 is 0 Å². The molecule has 1 N–H and O–H groups in total. The summed E-state index contributed by atoms with van der Waals surface area (Å²) < 4.78 is 2.06. The molecule has 22 heavy (non-hydrogen) atoms. The van der Waals surface area contributed by atoms with Gasteiger partial charge in [0.15, 0.2) is 0 Å². The zero-order valence-electron chi connectivity index (χ0n) is 13.0. The molecule has 0 atom stereocenters. The highest BCUT2D eigenvalue weighted by molar-refractivity contribution is 7.98. The van der Waals surface area contributed by atoms with Crippen LogP contribution in [0.25, 0.3) is 10.9 Å². The van der Waals surface area contributed by atoms with E-state index in [1.165, 1.54) is 0 Å². The van der Waals surface area contributed by atoms with Gasteiger partial charge >= 0.3 is 0 Å². The van der Waals surface area contributed by atoms with Crippen molar-refractivity contribution in [2.45, 2.75) is 32.3 Å². The second kappa shape index (κ2) is 7.73. The van der Waals surface area contributed by atoms with Gasteiger partial charge in [0.2, 0.25) is 0 Å². The van der Waals surface area contributed by atoms with Crippen LogP contribution >= 0.6 is 23.5 Å². The molecule has 3 aromatic rings. The van der Waals surface area contributed by atoms with Crippen LogP contribution in [0.5, 0.6) is 0 Å². The molecule has 4 heteroatoms. The van der Waals surface area contributed by atoms with Crippen LogP contribution in [0.4, 0.5) is 0 Å². The Hall–Kier alpha value is -1.42. The largest absolute Gasteiger partial charge is 0.390 e. The molecule has 2 aromatic carbocycles. The van der Waals surface area contributed by atoms with Gasteiger partial charge < -0.3 is 5.11 Å². The summed E-state index contributed by atoms with van der Waals surface area (Å²) in [5, 5.41) is 11.5. The van der Waals surface area contributed by atoms with Gasteiger partial charge in [-0.1, -0.05) is 49.7 Å². The van der Waals surface area contributed by atoms with Gasteiger partial charge in [0, 0.05) is 15.3 Å². The fourth-order valence-electron chi connectivity index (χ4n) is 2.32. The molecule has 0 spiro atoms. The molecule has 116 valence electrons. The SMILES string of the molecule is CC.Cc1c(CO)n(Sc2ccccc2)c2cc(Cl)ccc12. The molecule has 0 saturated heterocycles. The molecule has 0 fully saturated rings. The maximum atomic E-state index is 9.68. The molecule has 3 rings (SSSR count). The lowest BCUT2D eigenvalue weighted by molar-refractivity contribution is 0.276. The van der Waals surface area contributed by atoms with Crippen LogP contribution in [0.2, 0.25) is 5.02 Å². The van der Waals surface area contributed by atoms with E-state index in [1.54, 1.807) is 11.9 Å². The van der Waals surface area contributed by atoms with Crippen molar-refractivity contribution >= 4 is 34.5 Å². The molecule has 0 saturated carbocycles. The zero-order valence-corrected chi connectivity index (χ0v) is 14.6. The molecule has 0 amide bonds. The number of rotatable bonds is 3. The standard InChI is InChI=1S/C16H14ClNOS.C2H6/c1-11-14-8-7-12(17)9-15(14)18(16(11)10-19)20-13-5-3-2-4-6-13;1-2/h2-9,19H,10H2,1H3;1-2H3. The van der Waals surface area contributed by atoms with Crippen LogP contribution in [0.1, 0.15) is 25.1 Å². The third kappa shape index (κ3) is 3.32. The number of fused-ring (bicyclic) bond motifs is 1. The Kier molecular flexibility index (Phi) is 5.95. The van der Waals surface area contributed by atoms with E-state index in [4.69, 9.17) is 11.6 Å². The van der Waals surface area contributed by atoms with Gasteiger partial charge in [-0.3, -0.25) is 3.97 Å². The fourth-order valence-corrected chi connectivity index (χ4v) is 3.53. The highest BCUT2D eigenvalue weighted by Gasteiger charge is 2.14. The first-order valence-electron chi connectivity index (χ1n) is 7.34. The van der Waals surface area contributed by atoms with Crippen molar-refractivity contribution in [1.82, 2.24) is 3.97 Å². The first kappa shape index (κ1) is 16.9. The molecule has 0 aliphatic heterocycles. The average molecular weight is 334 g/mol. The zero-order chi connectivity index (χ0) is 16.1. The monoisotopic (exact) mass is 333 g/mol. The summed E-state index contributed by atoms with van der Waals surface area (Å²) in [6, 6.07) is 15.9. The van der Waals surface area contributed by atoms with E-state index in [2.05, 4.69) is 16.1 Å². The van der Waals surface area contributed by atoms with E-state index < -0.39 is 0 Å². The minimum Gasteiger partial charge on any atom is -0.390 e. The third-order valence-corrected chi connectivity index (χ3v) is 4.67. The Balaban J connectivity index is 0.000000847. The van der Waals surface area contributed by atoms with Crippen LogP contribution in [0, 0.1) is 6.92 Å². The Bertz CT molecular complexity index is 753. The number of aryl methyl sites for hydroxylation is 1. The van der Waals surface area contributed by atoms with E-state index in [1.807, 2.05) is 57.2 Å². The number of benzene rings is 2. The van der Waals surface area contributed by atoms with Crippen molar-refractivity contribution in [3.8, 4) is 0 Å². The smallest absolute Gasteiger partial charge is 0.0845 e. The summed E-state index contributed by atoms with van der Waals surface area (Å²) in [6.45, 7) is 6.04. The van der Waals surface area contributed by atoms with Gasteiger partial charge in [-0.15, -0.1) is 0 Å². The molecular formula is C18H20ClNOS. The normalized spacial score (nSPS) is 10.4. The Morgan fingerprint density at radius 2 is 1.77 bits per heavy atom. The maximum Gasteiger partial charge on any atom is 0.0845 e. The Labute approximate surface area is 140 Å². The summed E-state index contributed by atoms with van der Waals surface area (Å²) in [4.78, 5) is 1.12. The van der Waals surface area contributed by atoms with Crippen molar-refractivity contribution in [3.05, 3.63) is 64.8 Å². The maximum absolute atomic E-state index is 9.68. The van der Waals surface area contributed by atoms with Crippen LogP contribution in [0.15, 0.2) is 53.4 Å². The lowest BCUT2D eigenvalue weighted by atomic mass is 10.1. The highest BCUT2D eigenvalue weighted by Crippen LogP contribution is 2.34. The predicted molar refractivity (Wildman–Crippen MR) is 96.7 cm³/mol. The predicted octanol–water partition coefficient (Wildman–Crippen LogP) is 5.68. The minimum atomic E-state index is 0.0119. The Morgan fingerprint density at radius 1 is 1.09 bits per heavy atom. The summed E-state index contributed by atoms with van der Waals surface area (Å²) in [6.07, 6.45) is 0. The number of aliphatic hydroxyl groups excluding tert-OH is 1. The molecule has 2 nitrogen and oxygen atoms in total. The van der Waals surface area contributed by atoms with Crippen LogP contribution in [0.3, 0.4) is 0 Å². The number of halogens is 1. The topological polar surface area (TPSA) is 25.2 Å². The van der Waals surface area contributed by atoms with E-state index in [0.29, 0.717) is 5.02 Å². The molecule has 0 unspecified atom stereocenters. The summed E-state index contributed by atoms with van der Waals surface area (Å²) in [5.41, 5.74) is 3.05. The van der Waals surface area contributed by atoms with Gasteiger partial charge in [0.05, 0.1) is 17.8 Å². The van der Waals surface area contributed by atoms with Crippen LogP contribution in [-0.4, -0.2) is 9.08 Å². The first-order chi connectivity index (χ1) is 10.7. The first-order valence-corrected chi connectivity index (χ1v) is 8.49. The molecular weight excluding hydrogens is 314 g/mol. The van der Waals surface area contributed by atoms with Gasteiger partial charge in [-0.2, -0.15) is 0 Å². The van der Waals surface area contributed by atoms with E-state index in [9.17, 15) is 5.11 Å². The summed E-state index contributed by atoms with van der Waals surface area (Å²) >= 11 is 7.71. The Morgan fingerprint density at radius 3 is 2.41 bits per heavy atom. The van der Waals surface area contributed by atoms with Crippen LogP contribution < -0.4 is 0 Å². The second-order valence-corrected chi connectivity index (χ2v) is 6.05. The van der Waals surface area contributed by atoms with Gasteiger partial charge in [0.25, 0.3) is 0 Å². The average Bonchev–Trinajstić information content (AvgIpc) is 2.81. The molecule has 0 radical (unpaired) electrons. The van der Waals surface area contributed by atoms with Crippen molar-refractivity contribution in [3.63, 3.8) is 0 Å².